The summed E-state index contributed by atoms with van der Waals surface area (Å²) in [6, 6.07) is 6.10. The second kappa shape index (κ2) is 4.68. The molecule has 0 spiro atoms. The Morgan fingerprint density at radius 3 is 2.94 bits per heavy atom. The van der Waals surface area contributed by atoms with Crippen LogP contribution >= 0.6 is 22.7 Å². The number of rotatable bonds is 3. The first-order chi connectivity index (χ1) is 8.88. The molecule has 0 aliphatic heterocycles. The van der Waals surface area contributed by atoms with Gasteiger partial charge in [-0.05, 0) is 11.4 Å². The van der Waals surface area contributed by atoms with E-state index in [-0.39, 0.29) is 0 Å². The van der Waals surface area contributed by atoms with Crippen LogP contribution in [0.5, 0.6) is 0 Å². The topological polar surface area (TPSA) is 67.4 Å². The lowest BCUT2D eigenvalue weighted by atomic mass is 10.2. The predicted octanol–water partition coefficient (Wildman–Crippen LogP) is 2.25. The molecule has 0 saturated carbocycles. The average molecular weight is 273 g/mol. The highest BCUT2D eigenvalue weighted by Crippen LogP contribution is 2.20. The van der Waals surface area contributed by atoms with Gasteiger partial charge in [0.15, 0.2) is 5.69 Å². The normalized spacial score (nSPS) is 10.4. The lowest BCUT2D eigenvalue weighted by Crippen LogP contribution is -2.02. The van der Waals surface area contributed by atoms with E-state index in [2.05, 4.69) is 21.4 Å². The third-order valence-corrected chi connectivity index (χ3v) is 4.01. The lowest BCUT2D eigenvalue weighted by Gasteiger charge is -2.01. The van der Waals surface area contributed by atoms with Crippen molar-refractivity contribution >= 4 is 22.7 Å². The largest absolute Gasteiger partial charge is 0.227 e. The Morgan fingerprint density at radius 1 is 1.33 bits per heavy atom. The highest BCUT2D eigenvalue weighted by molar-refractivity contribution is 7.12. The highest BCUT2D eigenvalue weighted by Gasteiger charge is 2.16. The minimum absolute atomic E-state index is 0.360. The minimum atomic E-state index is 0.360. The first kappa shape index (κ1) is 11.1. The monoisotopic (exact) mass is 273 g/mol. The van der Waals surface area contributed by atoms with Crippen LogP contribution in [-0.2, 0) is 6.42 Å². The van der Waals surface area contributed by atoms with Gasteiger partial charge in [0, 0.05) is 22.9 Å². The fourth-order valence-corrected chi connectivity index (χ4v) is 2.92. The van der Waals surface area contributed by atoms with Crippen LogP contribution in [0, 0.1) is 11.3 Å². The molecule has 18 heavy (non-hydrogen) atoms. The maximum absolute atomic E-state index is 9.08. The Balaban J connectivity index is 2.06. The number of nitrogens with zero attached hydrogens (tertiary/aromatic N) is 5. The third-order valence-electron chi connectivity index (χ3n) is 2.39. The van der Waals surface area contributed by atoms with Gasteiger partial charge < -0.3 is 0 Å². The predicted molar refractivity (Wildman–Crippen MR) is 68.9 cm³/mol. The Kier molecular flexibility index (Phi) is 2.88. The van der Waals surface area contributed by atoms with E-state index in [9.17, 15) is 0 Å². The van der Waals surface area contributed by atoms with Gasteiger partial charge in [0.05, 0.1) is 5.69 Å². The van der Waals surface area contributed by atoms with Crippen LogP contribution in [0.1, 0.15) is 16.3 Å². The smallest absolute Gasteiger partial charge is 0.211 e. The van der Waals surface area contributed by atoms with Crippen molar-refractivity contribution in [2.24, 2.45) is 0 Å². The Hall–Kier alpha value is -2.04. The second-order valence-corrected chi connectivity index (χ2v) is 5.38. The number of thiazole rings is 1. The molecule has 0 N–H and O–H groups in total. The zero-order valence-corrected chi connectivity index (χ0v) is 10.8. The average Bonchev–Trinajstić information content (AvgIpc) is 3.10. The molecule has 3 aromatic heterocycles. The molecule has 0 amide bonds. The van der Waals surface area contributed by atoms with Crippen molar-refractivity contribution in [3.8, 4) is 11.2 Å². The number of thiophene rings is 1. The van der Waals surface area contributed by atoms with Crippen LogP contribution in [-0.4, -0.2) is 20.0 Å². The minimum Gasteiger partial charge on any atom is -0.227 e. The summed E-state index contributed by atoms with van der Waals surface area (Å²) < 4.78 is 1.64. The van der Waals surface area contributed by atoms with Gasteiger partial charge in [-0.25, -0.2) is 4.98 Å². The van der Waals surface area contributed by atoms with E-state index in [1.54, 1.807) is 22.2 Å². The van der Waals surface area contributed by atoms with E-state index < -0.39 is 0 Å². The molecular formula is C11H7N5S2. The zero-order chi connectivity index (χ0) is 12.4. The van der Waals surface area contributed by atoms with E-state index >= 15 is 0 Å². The van der Waals surface area contributed by atoms with E-state index in [1.165, 1.54) is 16.2 Å². The molecule has 5 nitrogen and oxygen atoms in total. The summed E-state index contributed by atoms with van der Waals surface area (Å²) in [5.74, 6) is 0. The molecule has 3 heterocycles. The van der Waals surface area contributed by atoms with E-state index in [1.807, 2.05) is 22.9 Å². The van der Waals surface area contributed by atoms with Crippen molar-refractivity contribution in [3.05, 3.63) is 45.4 Å². The van der Waals surface area contributed by atoms with Crippen LogP contribution < -0.4 is 0 Å². The van der Waals surface area contributed by atoms with Gasteiger partial charge >= 0.3 is 0 Å². The van der Waals surface area contributed by atoms with Gasteiger partial charge in [0.1, 0.15) is 6.07 Å². The fraction of sp³-hybridized carbons (Fsp3) is 0.0909. The van der Waals surface area contributed by atoms with Gasteiger partial charge in [-0.2, -0.15) is 9.94 Å². The van der Waals surface area contributed by atoms with Gasteiger partial charge in [0.25, 0.3) is 0 Å². The van der Waals surface area contributed by atoms with Gasteiger partial charge in [-0.1, -0.05) is 11.3 Å². The molecule has 0 fully saturated rings. The summed E-state index contributed by atoms with van der Waals surface area (Å²) in [5.41, 5.74) is 1.15. The molecule has 88 valence electrons. The first-order valence-corrected chi connectivity index (χ1v) is 6.91. The lowest BCUT2D eigenvalue weighted by molar-refractivity contribution is 0.768. The first-order valence-electron chi connectivity index (χ1n) is 5.15. The Morgan fingerprint density at radius 2 is 2.28 bits per heavy atom. The van der Waals surface area contributed by atoms with Crippen molar-refractivity contribution in [3.63, 3.8) is 0 Å². The molecule has 0 aliphatic rings. The summed E-state index contributed by atoms with van der Waals surface area (Å²) in [6.45, 7) is 0. The molecule has 0 bridgehead atoms. The number of hydrogen-bond donors (Lipinski definition) is 0. The molecular weight excluding hydrogens is 266 g/mol. The van der Waals surface area contributed by atoms with Crippen molar-refractivity contribution in [2.45, 2.75) is 6.42 Å². The van der Waals surface area contributed by atoms with E-state index in [0.29, 0.717) is 12.1 Å². The second-order valence-electron chi connectivity index (χ2n) is 3.48. The zero-order valence-electron chi connectivity index (χ0n) is 9.15. The maximum atomic E-state index is 9.08. The molecule has 0 atom stereocenters. The van der Waals surface area contributed by atoms with E-state index in [4.69, 9.17) is 5.26 Å². The molecule has 0 saturated heterocycles. The van der Waals surface area contributed by atoms with E-state index in [0.717, 1.165) is 10.8 Å². The molecule has 0 unspecified atom stereocenters. The summed E-state index contributed by atoms with van der Waals surface area (Å²) in [7, 11) is 0. The third kappa shape index (κ3) is 1.92. The summed E-state index contributed by atoms with van der Waals surface area (Å²) in [6.07, 6.45) is 2.36. The molecule has 0 radical (unpaired) electrons. The standard InChI is InChI=1S/C11H7N5S2/c12-7-9-10(6-8-2-1-4-17-8)16(15-14-9)11-13-3-5-18-11/h1-5H,6H2. The quantitative estimate of drug-likeness (QED) is 0.734. The van der Waals surface area contributed by atoms with Crippen molar-refractivity contribution < 1.29 is 0 Å². The van der Waals surface area contributed by atoms with Crippen molar-refractivity contribution in [1.29, 1.82) is 5.26 Å². The van der Waals surface area contributed by atoms with Crippen LogP contribution in [0.15, 0.2) is 29.1 Å². The molecule has 7 heteroatoms. The maximum Gasteiger partial charge on any atom is 0.211 e. The highest BCUT2D eigenvalue weighted by atomic mass is 32.1. The van der Waals surface area contributed by atoms with Crippen molar-refractivity contribution in [1.82, 2.24) is 20.0 Å². The van der Waals surface area contributed by atoms with Crippen LogP contribution in [0.25, 0.3) is 5.13 Å². The van der Waals surface area contributed by atoms with Crippen molar-refractivity contribution in [2.75, 3.05) is 0 Å². The van der Waals surface area contributed by atoms with Gasteiger partial charge in [-0.3, -0.25) is 0 Å². The fourth-order valence-electron chi connectivity index (χ4n) is 1.60. The molecule has 0 aliphatic carbocycles. The summed E-state index contributed by atoms with van der Waals surface area (Å²) in [4.78, 5) is 5.37. The van der Waals surface area contributed by atoms with Crippen LogP contribution in [0.3, 0.4) is 0 Å². The summed E-state index contributed by atoms with van der Waals surface area (Å²) >= 11 is 3.12. The number of hydrogen-bond acceptors (Lipinski definition) is 6. The molecule has 0 aromatic carbocycles. The number of aromatic nitrogens is 4. The van der Waals surface area contributed by atoms with Gasteiger partial charge in [0.2, 0.25) is 5.13 Å². The van der Waals surface area contributed by atoms with Gasteiger partial charge in [-0.15, -0.1) is 27.8 Å². The Labute approximate surface area is 111 Å². The van der Waals surface area contributed by atoms with Crippen LogP contribution in [0.4, 0.5) is 0 Å². The number of nitriles is 1. The Bertz CT molecular complexity index is 676. The molecule has 3 rings (SSSR count). The molecule has 3 aromatic rings. The van der Waals surface area contributed by atoms with Crippen LogP contribution in [0.2, 0.25) is 0 Å². The summed E-state index contributed by atoms with van der Waals surface area (Å²) in [5, 5.41) is 21.6. The SMILES string of the molecule is N#Cc1nnn(-c2nccs2)c1Cc1cccs1.